The van der Waals surface area contributed by atoms with E-state index in [2.05, 4.69) is 22.4 Å². The molecular weight excluding hydrogens is 266 g/mol. The number of hydrazine groups is 1. The van der Waals surface area contributed by atoms with Gasteiger partial charge in [-0.05, 0) is 50.9 Å². The average molecular weight is 289 g/mol. The van der Waals surface area contributed by atoms with Crippen LogP contribution in [0.4, 0.5) is 5.69 Å². The number of carbonyl (C=O) groups excluding carboxylic acids is 1. The summed E-state index contributed by atoms with van der Waals surface area (Å²) in [5.74, 6) is 5.95. The number of amides is 1. The molecule has 114 valence electrons. The zero-order chi connectivity index (χ0) is 14.8. The first-order chi connectivity index (χ1) is 10.2. The van der Waals surface area contributed by atoms with Crippen LogP contribution in [0.3, 0.4) is 0 Å². The van der Waals surface area contributed by atoms with Gasteiger partial charge in [-0.3, -0.25) is 10.6 Å². The van der Waals surface area contributed by atoms with Gasteiger partial charge < -0.3 is 15.2 Å². The molecule has 2 atom stereocenters. The van der Waals surface area contributed by atoms with Crippen LogP contribution < -0.4 is 11.3 Å². The second-order valence-corrected chi connectivity index (χ2v) is 6.07. The lowest BCUT2D eigenvalue weighted by Crippen LogP contribution is -2.54. The summed E-state index contributed by atoms with van der Waals surface area (Å²) in [6.45, 7) is 2.86. The molecule has 0 bridgehead atoms. The molecule has 6 heteroatoms. The Labute approximate surface area is 125 Å². The summed E-state index contributed by atoms with van der Waals surface area (Å²) < 4.78 is 0. The highest BCUT2D eigenvalue weighted by Crippen LogP contribution is 2.30. The van der Waals surface area contributed by atoms with Crippen molar-refractivity contribution in [2.24, 2.45) is 11.8 Å². The van der Waals surface area contributed by atoms with Crippen LogP contribution in [0, 0.1) is 5.92 Å². The third-order valence-corrected chi connectivity index (χ3v) is 4.78. The van der Waals surface area contributed by atoms with Gasteiger partial charge >= 0.3 is 0 Å². The lowest BCUT2D eigenvalue weighted by Gasteiger charge is -2.45. The fraction of sp³-hybridized carbons (Fsp3) is 0.600. The maximum Gasteiger partial charge on any atom is 0.272 e. The Bertz CT molecular complexity index is 503. The zero-order valence-corrected chi connectivity index (χ0v) is 12.5. The molecular formula is C15H23N5O. The topological polar surface area (TPSA) is 74.5 Å². The molecule has 2 aliphatic rings. The Hall–Kier alpha value is -1.66. The number of anilines is 1. The standard InChI is InChI=1S/C15H23N5O/c1-19-7-2-3-11-10-20(8-6-14(11)19)15(21)13-5-4-12(18-16)9-17-13/h4-5,9,11,14,18H,2-3,6-8,10,16H2,1H3. The van der Waals surface area contributed by atoms with Gasteiger partial charge in [-0.15, -0.1) is 0 Å². The molecule has 0 aliphatic carbocycles. The summed E-state index contributed by atoms with van der Waals surface area (Å²) >= 11 is 0. The highest BCUT2D eigenvalue weighted by Gasteiger charge is 2.36. The number of rotatable bonds is 2. The van der Waals surface area contributed by atoms with Gasteiger partial charge in [0, 0.05) is 19.1 Å². The SMILES string of the molecule is CN1CCCC2CN(C(=O)c3ccc(NN)cn3)CCC21. The number of piperidine rings is 2. The van der Waals surface area contributed by atoms with Gasteiger partial charge in [0.15, 0.2) is 0 Å². The highest BCUT2D eigenvalue weighted by atomic mass is 16.2. The van der Waals surface area contributed by atoms with Crippen molar-refractivity contribution in [2.45, 2.75) is 25.3 Å². The van der Waals surface area contributed by atoms with Crippen LogP contribution in [0.5, 0.6) is 0 Å². The molecule has 3 N–H and O–H groups in total. The van der Waals surface area contributed by atoms with Crippen LogP contribution in [0.1, 0.15) is 29.8 Å². The predicted molar refractivity (Wildman–Crippen MR) is 81.7 cm³/mol. The summed E-state index contributed by atoms with van der Waals surface area (Å²) in [5.41, 5.74) is 3.73. The molecule has 2 fully saturated rings. The molecule has 6 nitrogen and oxygen atoms in total. The van der Waals surface area contributed by atoms with Crippen molar-refractivity contribution in [3.8, 4) is 0 Å². The molecule has 1 aromatic heterocycles. The molecule has 2 aliphatic heterocycles. The van der Waals surface area contributed by atoms with Crippen LogP contribution >= 0.6 is 0 Å². The number of nitrogens with two attached hydrogens (primary N) is 1. The molecule has 1 aromatic rings. The fourth-order valence-corrected chi connectivity index (χ4v) is 3.60. The number of hydrogen-bond acceptors (Lipinski definition) is 5. The van der Waals surface area contributed by atoms with Crippen molar-refractivity contribution < 1.29 is 4.79 Å². The number of fused-ring (bicyclic) bond motifs is 1. The third kappa shape index (κ3) is 2.87. The number of likely N-dealkylation sites (tertiary alicyclic amines) is 2. The monoisotopic (exact) mass is 289 g/mol. The minimum atomic E-state index is 0.0326. The van der Waals surface area contributed by atoms with E-state index in [4.69, 9.17) is 5.84 Å². The van der Waals surface area contributed by atoms with E-state index in [1.807, 2.05) is 4.90 Å². The molecule has 0 radical (unpaired) electrons. The van der Waals surface area contributed by atoms with Gasteiger partial charge in [0.25, 0.3) is 5.91 Å². The van der Waals surface area contributed by atoms with Gasteiger partial charge in [-0.1, -0.05) is 0 Å². The van der Waals surface area contributed by atoms with Crippen LogP contribution in [-0.4, -0.2) is 53.4 Å². The van der Waals surface area contributed by atoms with E-state index < -0.39 is 0 Å². The van der Waals surface area contributed by atoms with E-state index in [9.17, 15) is 4.79 Å². The number of pyridine rings is 1. The van der Waals surface area contributed by atoms with Gasteiger partial charge in [0.1, 0.15) is 5.69 Å². The number of nitrogens with zero attached hydrogens (tertiary/aromatic N) is 3. The van der Waals surface area contributed by atoms with Crippen molar-refractivity contribution in [3.63, 3.8) is 0 Å². The Morgan fingerprint density at radius 3 is 2.95 bits per heavy atom. The van der Waals surface area contributed by atoms with Gasteiger partial charge in [0.2, 0.25) is 0 Å². The van der Waals surface area contributed by atoms with Crippen LogP contribution in [0.25, 0.3) is 0 Å². The number of carbonyl (C=O) groups is 1. The molecule has 0 spiro atoms. The lowest BCUT2D eigenvalue weighted by atomic mass is 9.84. The number of hydrogen-bond donors (Lipinski definition) is 2. The van der Waals surface area contributed by atoms with Crippen molar-refractivity contribution in [2.75, 3.05) is 32.1 Å². The maximum absolute atomic E-state index is 12.6. The number of nitrogens with one attached hydrogen (secondary N) is 1. The quantitative estimate of drug-likeness (QED) is 0.625. The van der Waals surface area contributed by atoms with Crippen molar-refractivity contribution in [1.82, 2.24) is 14.8 Å². The smallest absolute Gasteiger partial charge is 0.272 e. The Balaban J connectivity index is 1.68. The first-order valence-corrected chi connectivity index (χ1v) is 7.61. The zero-order valence-electron chi connectivity index (χ0n) is 12.5. The lowest BCUT2D eigenvalue weighted by molar-refractivity contribution is 0.0313. The minimum Gasteiger partial charge on any atom is -0.337 e. The second-order valence-electron chi connectivity index (χ2n) is 6.07. The largest absolute Gasteiger partial charge is 0.337 e. The normalized spacial score (nSPS) is 26.3. The van der Waals surface area contributed by atoms with E-state index in [1.165, 1.54) is 19.4 Å². The Kier molecular flexibility index (Phi) is 4.07. The molecule has 0 aromatic carbocycles. The summed E-state index contributed by atoms with van der Waals surface area (Å²) in [6, 6.07) is 4.15. The summed E-state index contributed by atoms with van der Waals surface area (Å²) in [7, 11) is 2.20. The Morgan fingerprint density at radius 1 is 1.38 bits per heavy atom. The molecule has 2 saturated heterocycles. The predicted octanol–water partition coefficient (Wildman–Crippen LogP) is 0.924. The van der Waals surface area contributed by atoms with E-state index in [0.29, 0.717) is 23.3 Å². The third-order valence-electron chi connectivity index (χ3n) is 4.78. The minimum absolute atomic E-state index is 0.0326. The maximum atomic E-state index is 12.6. The van der Waals surface area contributed by atoms with Gasteiger partial charge in [0.05, 0.1) is 11.9 Å². The van der Waals surface area contributed by atoms with E-state index in [-0.39, 0.29) is 5.91 Å². The van der Waals surface area contributed by atoms with E-state index >= 15 is 0 Å². The van der Waals surface area contributed by atoms with Crippen LogP contribution in [0.15, 0.2) is 18.3 Å². The van der Waals surface area contributed by atoms with E-state index in [1.54, 1.807) is 18.3 Å². The van der Waals surface area contributed by atoms with Gasteiger partial charge in [-0.2, -0.15) is 0 Å². The highest BCUT2D eigenvalue weighted by molar-refractivity contribution is 5.92. The Morgan fingerprint density at radius 2 is 2.24 bits per heavy atom. The number of aromatic nitrogens is 1. The molecule has 3 rings (SSSR count). The second kappa shape index (κ2) is 5.99. The fourth-order valence-electron chi connectivity index (χ4n) is 3.60. The van der Waals surface area contributed by atoms with Crippen LogP contribution in [-0.2, 0) is 0 Å². The van der Waals surface area contributed by atoms with Gasteiger partial charge in [-0.25, -0.2) is 4.98 Å². The van der Waals surface area contributed by atoms with Crippen molar-refractivity contribution in [3.05, 3.63) is 24.0 Å². The number of nitrogen functional groups attached to an aromatic ring is 1. The van der Waals surface area contributed by atoms with Crippen LogP contribution in [0.2, 0.25) is 0 Å². The van der Waals surface area contributed by atoms with E-state index in [0.717, 1.165) is 19.5 Å². The average Bonchev–Trinajstić information content (AvgIpc) is 2.54. The van der Waals surface area contributed by atoms with Crippen molar-refractivity contribution >= 4 is 11.6 Å². The first kappa shape index (κ1) is 14.3. The molecule has 1 amide bonds. The summed E-state index contributed by atoms with van der Waals surface area (Å²) in [4.78, 5) is 21.2. The molecule has 0 saturated carbocycles. The molecule has 2 unspecified atom stereocenters. The van der Waals surface area contributed by atoms with Crippen molar-refractivity contribution in [1.29, 1.82) is 0 Å². The summed E-state index contributed by atoms with van der Waals surface area (Å²) in [6.07, 6.45) is 5.11. The molecule has 21 heavy (non-hydrogen) atoms. The summed E-state index contributed by atoms with van der Waals surface area (Å²) in [5, 5.41) is 0. The molecule has 3 heterocycles. The first-order valence-electron chi connectivity index (χ1n) is 7.61.